The van der Waals surface area contributed by atoms with E-state index in [9.17, 15) is 0 Å². The second kappa shape index (κ2) is 9.19. The fraction of sp³-hybridized carbons (Fsp3) is 0.222. The molecule has 0 amide bonds. The van der Waals surface area contributed by atoms with Gasteiger partial charge in [-0.3, -0.25) is 4.90 Å². The lowest BCUT2D eigenvalue weighted by molar-refractivity contribution is 0.328. The molecule has 1 aliphatic rings. The number of likely N-dealkylation sites (tertiary alicyclic amines) is 1. The van der Waals surface area contributed by atoms with Crippen molar-refractivity contribution in [3.63, 3.8) is 0 Å². The number of halogens is 1. The Morgan fingerprint density at radius 2 is 1.69 bits per heavy atom. The van der Waals surface area contributed by atoms with Gasteiger partial charge < -0.3 is 10.3 Å². The Morgan fingerprint density at radius 3 is 2.44 bits per heavy atom. The van der Waals surface area contributed by atoms with Gasteiger partial charge in [0.05, 0.1) is 11.4 Å². The van der Waals surface area contributed by atoms with E-state index in [-0.39, 0.29) is 0 Å². The molecule has 0 aliphatic carbocycles. The Hall–Kier alpha value is -3.08. The quantitative estimate of drug-likeness (QED) is 0.363. The van der Waals surface area contributed by atoms with Crippen LogP contribution in [0.5, 0.6) is 0 Å². The Kier molecular flexibility index (Phi) is 5.97. The molecule has 2 heterocycles. The third-order valence-electron chi connectivity index (χ3n) is 6.07. The van der Waals surface area contributed by atoms with Gasteiger partial charge in [0, 0.05) is 41.9 Å². The molecule has 1 aliphatic heterocycles. The summed E-state index contributed by atoms with van der Waals surface area (Å²) in [6, 6.07) is 27.6. The van der Waals surface area contributed by atoms with Crippen LogP contribution in [-0.4, -0.2) is 34.0 Å². The number of aromatic nitrogens is 2. The Bertz CT molecular complexity index is 1170. The van der Waals surface area contributed by atoms with E-state index in [4.69, 9.17) is 16.6 Å². The van der Waals surface area contributed by atoms with Crippen molar-refractivity contribution in [3.05, 3.63) is 95.1 Å². The van der Waals surface area contributed by atoms with Crippen LogP contribution in [0, 0.1) is 6.92 Å². The number of H-pyrrole nitrogens is 1. The highest BCUT2D eigenvalue weighted by Gasteiger charge is 2.22. The molecule has 1 aromatic heterocycles. The molecule has 0 bridgehead atoms. The minimum Gasteiger partial charge on any atom is -0.381 e. The van der Waals surface area contributed by atoms with Gasteiger partial charge in [-0.05, 0) is 60.9 Å². The van der Waals surface area contributed by atoms with E-state index < -0.39 is 0 Å². The van der Waals surface area contributed by atoms with Crippen molar-refractivity contribution in [1.82, 2.24) is 14.9 Å². The van der Waals surface area contributed by atoms with Crippen LogP contribution in [0.1, 0.15) is 17.7 Å². The summed E-state index contributed by atoms with van der Waals surface area (Å²) in [5.74, 6) is 0.883. The average Bonchev–Trinajstić information content (AvgIpc) is 3.42. The first kappa shape index (κ1) is 20.8. The van der Waals surface area contributed by atoms with Crippen molar-refractivity contribution in [3.8, 4) is 22.6 Å². The summed E-state index contributed by atoms with van der Waals surface area (Å²) in [5, 5.41) is 4.43. The van der Waals surface area contributed by atoms with Crippen molar-refractivity contribution in [1.29, 1.82) is 0 Å². The van der Waals surface area contributed by atoms with Crippen molar-refractivity contribution in [2.24, 2.45) is 0 Å². The summed E-state index contributed by atoms with van der Waals surface area (Å²) in [6.07, 6.45) is 1.16. The van der Waals surface area contributed by atoms with Gasteiger partial charge in [-0.2, -0.15) is 0 Å². The fourth-order valence-corrected chi connectivity index (χ4v) is 4.52. The molecule has 0 saturated carbocycles. The summed E-state index contributed by atoms with van der Waals surface area (Å²) < 4.78 is 0. The monoisotopic (exact) mass is 442 g/mol. The summed E-state index contributed by atoms with van der Waals surface area (Å²) in [7, 11) is 0. The van der Waals surface area contributed by atoms with Crippen molar-refractivity contribution >= 4 is 17.3 Å². The maximum atomic E-state index is 6.03. The van der Waals surface area contributed by atoms with Crippen molar-refractivity contribution < 1.29 is 0 Å². The normalized spacial score (nSPS) is 16.4. The van der Waals surface area contributed by atoms with Crippen LogP contribution in [0.4, 0.5) is 5.69 Å². The highest BCUT2D eigenvalue weighted by molar-refractivity contribution is 6.30. The van der Waals surface area contributed by atoms with E-state index in [2.05, 4.69) is 69.8 Å². The number of aryl methyl sites for hydroxylation is 1. The molecule has 2 N–H and O–H groups in total. The molecule has 32 heavy (non-hydrogen) atoms. The van der Waals surface area contributed by atoms with Crippen LogP contribution >= 0.6 is 11.6 Å². The van der Waals surface area contributed by atoms with Gasteiger partial charge in [-0.1, -0.05) is 54.1 Å². The topological polar surface area (TPSA) is 44.0 Å². The highest BCUT2D eigenvalue weighted by atomic mass is 35.5. The predicted molar refractivity (Wildman–Crippen MR) is 133 cm³/mol. The Morgan fingerprint density at radius 1 is 0.969 bits per heavy atom. The third kappa shape index (κ3) is 4.72. The van der Waals surface area contributed by atoms with Crippen molar-refractivity contribution in [2.45, 2.75) is 25.9 Å². The highest BCUT2D eigenvalue weighted by Crippen LogP contribution is 2.28. The molecular formula is C27H27ClN4. The van der Waals surface area contributed by atoms with Crippen LogP contribution in [-0.2, 0) is 6.54 Å². The van der Waals surface area contributed by atoms with Crippen LogP contribution in [0.2, 0.25) is 5.02 Å². The molecule has 4 aromatic rings. The van der Waals surface area contributed by atoms with Crippen LogP contribution in [0.15, 0.2) is 78.9 Å². The molecule has 3 aromatic carbocycles. The first-order valence-electron chi connectivity index (χ1n) is 11.1. The minimum atomic E-state index is 0.479. The lowest BCUT2D eigenvalue weighted by atomic mass is 10.1. The average molecular weight is 443 g/mol. The summed E-state index contributed by atoms with van der Waals surface area (Å²) in [4.78, 5) is 10.7. The number of nitrogens with one attached hydrogen (secondary N) is 2. The number of anilines is 1. The van der Waals surface area contributed by atoms with E-state index in [1.54, 1.807) is 0 Å². The molecule has 0 unspecified atom stereocenters. The van der Waals surface area contributed by atoms with Crippen LogP contribution in [0.3, 0.4) is 0 Å². The van der Waals surface area contributed by atoms with E-state index in [1.807, 2.05) is 31.2 Å². The molecule has 0 radical (unpaired) electrons. The van der Waals surface area contributed by atoms with E-state index >= 15 is 0 Å². The predicted octanol–water partition coefficient (Wildman–Crippen LogP) is 6.39. The van der Waals surface area contributed by atoms with Gasteiger partial charge in [0.15, 0.2) is 0 Å². The Labute approximate surface area is 194 Å². The van der Waals surface area contributed by atoms with Crippen molar-refractivity contribution in [2.75, 3.05) is 18.4 Å². The number of nitrogens with zero attached hydrogens (tertiary/aromatic N) is 2. The van der Waals surface area contributed by atoms with E-state index in [1.165, 1.54) is 5.56 Å². The maximum Gasteiger partial charge on any atom is 0.138 e. The second-order valence-corrected chi connectivity index (χ2v) is 8.92. The molecule has 4 nitrogen and oxygen atoms in total. The first-order chi connectivity index (χ1) is 15.6. The lowest BCUT2D eigenvalue weighted by Crippen LogP contribution is -2.25. The minimum absolute atomic E-state index is 0.479. The Balaban J connectivity index is 1.22. The van der Waals surface area contributed by atoms with Gasteiger partial charge >= 0.3 is 0 Å². The number of hydrogen-bond donors (Lipinski definition) is 2. The zero-order valence-electron chi connectivity index (χ0n) is 18.2. The number of rotatable bonds is 6. The van der Waals surface area contributed by atoms with Crippen LogP contribution < -0.4 is 5.32 Å². The smallest absolute Gasteiger partial charge is 0.138 e. The summed E-state index contributed by atoms with van der Waals surface area (Å²) in [6.45, 7) is 5.25. The molecule has 5 rings (SSSR count). The lowest BCUT2D eigenvalue weighted by Gasteiger charge is -2.17. The number of benzene rings is 3. The first-order valence-corrected chi connectivity index (χ1v) is 11.5. The molecule has 1 atom stereocenters. The standard InChI is InChI=1S/C27H27ClN4/c1-19-26(21-7-11-23(28)12-8-21)31-27(29-19)22-9-13-24(14-10-22)30-25-15-16-32(18-25)17-20-5-3-2-4-6-20/h2-14,25,30H,15-18H2,1H3,(H,29,31)/t25-/m0/s1. The number of hydrogen-bond acceptors (Lipinski definition) is 3. The summed E-state index contributed by atoms with van der Waals surface area (Å²) in [5.41, 5.74) is 6.71. The van der Waals surface area contributed by atoms with Gasteiger partial charge in [0.2, 0.25) is 0 Å². The van der Waals surface area contributed by atoms with Crippen LogP contribution in [0.25, 0.3) is 22.6 Å². The molecule has 162 valence electrons. The summed E-state index contributed by atoms with van der Waals surface area (Å²) >= 11 is 6.03. The largest absolute Gasteiger partial charge is 0.381 e. The third-order valence-corrected chi connectivity index (χ3v) is 6.32. The zero-order valence-corrected chi connectivity index (χ0v) is 18.9. The van der Waals surface area contributed by atoms with Gasteiger partial charge in [-0.25, -0.2) is 4.98 Å². The van der Waals surface area contributed by atoms with E-state index in [0.29, 0.717) is 6.04 Å². The molecule has 1 fully saturated rings. The van der Waals surface area contributed by atoms with Gasteiger partial charge in [0.1, 0.15) is 5.82 Å². The van der Waals surface area contributed by atoms with Gasteiger partial charge in [0.25, 0.3) is 0 Å². The van der Waals surface area contributed by atoms with Gasteiger partial charge in [-0.15, -0.1) is 0 Å². The number of aromatic amines is 1. The number of imidazole rings is 1. The maximum absolute atomic E-state index is 6.03. The zero-order chi connectivity index (χ0) is 21.9. The molecular weight excluding hydrogens is 416 g/mol. The SMILES string of the molecule is Cc1nc(-c2ccc(N[C@H]3CCN(Cc4ccccc4)C3)cc2)[nH]c1-c1ccc(Cl)cc1. The second-order valence-electron chi connectivity index (χ2n) is 8.48. The molecule has 5 heteroatoms. The fourth-order valence-electron chi connectivity index (χ4n) is 4.39. The van der Waals surface area contributed by atoms with E-state index in [0.717, 1.165) is 65.1 Å². The molecule has 0 spiro atoms. The molecule has 1 saturated heterocycles.